The number of rotatable bonds is 5. The predicted octanol–water partition coefficient (Wildman–Crippen LogP) is 2.78. The number of benzene rings is 1. The molecule has 5 aliphatic rings. The number of carbonyl (C=O) groups excluding carboxylic acids is 1. The summed E-state index contributed by atoms with van der Waals surface area (Å²) in [6.45, 7) is 1.60. The summed E-state index contributed by atoms with van der Waals surface area (Å²) in [5.74, 6) is -1.28. The highest BCUT2D eigenvalue weighted by Crippen LogP contribution is 2.66. The van der Waals surface area contributed by atoms with E-state index in [-0.39, 0.29) is 45.9 Å². The lowest BCUT2D eigenvalue weighted by Gasteiger charge is -2.62. The summed E-state index contributed by atoms with van der Waals surface area (Å²) in [6, 6.07) is 4.68. The van der Waals surface area contributed by atoms with Crippen LogP contribution in [-0.2, 0) is 16.6 Å². The molecule has 1 spiro atoms. The molecule has 10 heteroatoms. The van der Waals surface area contributed by atoms with Crippen LogP contribution < -0.4 is 10.1 Å². The smallest absolute Gasteiger partial charge is 0.348 e. The Morgan fingerprint density at radius 2 is 2.03 bits per heavy atom. The number of aliphatic hydroxyl groups is 2. The van der Waals surface area contributed by atoms with Crippen molar-refractivity contribution >= 4 is 28.9 Å². The topological polar surface area (TPSA) is 140 Å². The van der Waals surface area contributed by atoms with Crippen LogP contribution in [0.5, 0.6) is 11.5 Å². The number of ether oxygens (including phenoxy) is 1. The van der Waals surface area contributed by atoms with Gasteiger partial charge in [-0.05, 0) is 61.2 Å². The van der Waals surface area contributed by atoms with Crippen LogP contribution in [0.2, 0.25) is 0 Å². The first kappa shape index (κ1) is 22.1. The van der Waals surface area contributed by atoms with Crippen molar-refractivity contribution in [3.05, 3.63) is 50.9 Å². The van der Waals surface area contributed by atoms with E-state index in [1.54, 1.807) is 11.4 Å². The van der Waals surface area contributed by atoms with Gasteiger partial charge < -0.3 is 30.5 Å². The van der Waals surface area contributed by atoms with E-state index in [1.165, 1.54) is 18.9 Å². The molecule has 4 atom stereocenters. The number of carboxylic acids is 1. The number of aromatic hydroxyl groups is 1. The third-order valence-electron chi connectivity index (χ3n) is 8.90. The van der Waals surface area contributed by atoms with E-state index in [2.05, 4.69) is 10.2 Å². The van der Waals surface area contributed by atoms with Crippen LogP contribution in [0, 0.1) is 5.92 Å². The number of aliphatic hydroxyl groups excluding tert-OH is 1. The van der Waals surface area contributed by atoms with Gasteiger partial charge in [0.2, 0.25) is 0 Å². The fraction of sp³-hybridized carbons (Fsp3) is 0.462. The van der Waals surface area contributed by atoms with Gasteiger partial charge >= 0.3 is 5.97 Å². The van der Waals surface area contributed by atoms with Crippen molar-refractivity contribution in [3.63, 3.8) is 0 Å². The molecule has 188 valence electrons. The summed E-state index contributed by atoms with van der Waals surface area (Å²) in [5, 5.41) is 48.3. The second-order valence-corrected chi connectivity index (χ2v) is 11.6. The van der Waals surface area contributed by atoms with Crippen molar-refractivity contribution < 1.29 is 34.8 Å². The molecule has 1 saturated heterocycles. The first-order chi connectivity index (χ1) is 17.2. The average molecular weight is 511 g/mol. The molecule has 1 amide bonds. The minimum atomic E-state index is -1.42. The molecule has 2 aromatic rings. The second kappa shape index (κ2) is 7.24. The first-order valence-corrected chi connectivity index (χ1v) is 13.1. The molecule has 9 nitrogen and oxygen atoms in total. The summed E-state index contributed by atoms with van der Waals surface area (Å²) in [4.78, 5) is 27.3. The minimum absolute atomic E-state index is 0.0151. The predicted molar refractivity (Wildman–Crippen MR) is 130 cm³/mol. The molecule has 2 aliphatic heterocycles. The third kappa shape index (κ3) is 2.72. The SMILES string of the molecule is O=C(Nc1ccsc1C(=O)O)C1=C(O)[C@@H]2Oc3c(O)ccc4c3[C@@]23CCN(CC2CC2)[C@H](C4)[C@]3(O)C1. The van der Waals surface area contributed by atoms with Gasteiger partial charge in [-0.3, -0.25) is 9.69 Å². The van der Waals surface area contributed by atoms with Gasteiger partial charge in [-0.25, -0.2) is 4.79 Å². The van der Waals surface area contributed by atoms with E-state index in [0.29, 0.717) is 18.8 Å². The summed E-state index contributed by atoms with van der Waals surface area (Å²) < 4.78 is 6.18. The monoisotopic (exact) mass is 510 g/mol. The summed E-state index contributed by atoms with van der Waals surface area (Å²) in [7, 11) is 0. The molecular weight excluding hydrogens is 484 g/mol. The number of carboxylic acid groups (broad SMARTS) is 1. The number of phenolic OH excluding ortho intramolecular Hbond substituents is 1. The first-order valence-electron chi connectivity index (χ1n) is 12.3. The van der Waals surface area contributed by atoms with Gasteiger partial charge in [-0.2, -0.15) is 0 Å². The highest BCUT2D eigenvalue weighted by Gasteiger charge is 2.73. The van der Waals surface area contributed by atoms with E-state index < -0.39 is 29.0 Å². The highest BCUT2D eigenvalue weighted by molar-refractivity contribution is 7.12. The molecule has 0 radical (unpaired) electrons. The zero-order valence-electron chi connectivity index (χ0n) is 19.4. The lowest BCUT2D eigenvalue weighted by atomic mass is 9.49. The molecule has 0 unspecified atom stereocenters. The molecule has 36 heavy (non-hydrogen) atoms. The van der Waals surface area contributed by atoms with Crippen molar-refractivity contribution in [1.29, 1.82) is 0 Å². The molecule has 5 N–H and O–H groups in total. The number of hydrogen-bond donors (Lipinski definition) is 5. The maximum atomic E-state index is 13.4. The van der Waals surface area contributed by atoms with Crippen LogP contribution >= 0.6 is 11.3 Å². The van der Waals surface area contributed by atoms with Gasteiger partial charge in [-0.15, -0.1) is 11.3 Å². The molecule has 2 fully saturated rings. The molecule has 3 heterocycles. The van der Waals surface area contributed by atoms with Crippen molar-refractivity contribution in [1.82, 2.24) is 4.90 Å². The van der Waals surface area contributed by atoms with Crippen LogP contribution in [0.4, 0.5) is 5.69 Å². The molecular formula is C26H26N2O7S. The van der Waals surface area contributed by atoms with Crippen molar-refractivity contribution in [2.45, 2.75) is 55.3 Å². The Morgan fingerprint density at radius 1 is 1.22 bits per heavy atom. The Kier molecular flexibility index (Phi) is 4.45. The number of hydrogen-bond acceptors (Lipinski definition) is 8. The molecule has 1 aromatic heterocycles. The summed E-state index contributed by atoms with van der Waals surface area (Å²) >= 11 is 0.991. The molecule has 3 aliphatic carbocycles. The number of anilines is 1. The quantitative estimate of drug-likeness (QED) is 0.414. The van der Waals surface area contributed by atoms with Crippen LogP contribution in [0.15, 0.2) is 34.9 Å². The Balaban J connectivity index is 1.35. The largest absolute Gasteiger partial charge is 0.508 e. The number of carbonyl (C=O) groups is 2. The van der Waals surface area contributed by atoms with Crippen LogP contribution in [-0.4, -0.2) is 68.0 Å². The number of piperidine rings is 1. The van der Waals surface area contributed by atoms with Crippen LogP contribution in [0.1, 0.15) is 46.5 Å². The van der Waals surface area contributed by atoms with Gasteiger partial charge in [-0.1, -0.05) is 6.07 Å². The van der Waals surface area contributed by atoms with Gasteiger partial charge in [0.25, 0.3) is 5.91 Å². The van der Waals surface area contributed by atoms with Gasteiger partial charge in [0.1, 0.15) is 10.6 Å². The second-order valence-electron chi connectivity index (χ2n) is 10.7. The Bertz CT molecular complexity index is 1360. The maximum absolute atomic E-state index is 13.4. The zero-order valence-corrected chi connectivity index (χ0v) is 20.2. The Morgan fingerprint density at radius 3 is 2.78 bits per heavy atom. The van der Waals surface area contributed by atoms with E-state index in [9.17, 15) is 30.0 Å². The van der Waals surface area contributed by atoms with Crippen molar-refractivity contribution in [2.75, 3.05) is 18.4 Å². The van der Waals surface area contributed by atoms with Crippen molar-refractivity contribution in [2.24, 2.45) is 5.92 Å². The normalized spacial score (nSPS) is 32.1. The number of phenols is 1. The molecule has 2 bridgehead atoms. The Labute approximate surface area is 210 Å². The lowest BCUT2D eigenvalue weighted by molar-refractivity contribution is -0.172. The molecule has 1 aromatic carbocycles. The van der Waals surface area contributed by atoms with Gasteiger partial charge in [0, 0.05) is 24.6 Å². The fourth-order valence-electron chi connectivity index (χ4n) is 7.14. The summed E-state index contributed by atoms with van der Waals surface area (Å²) in [5.41, 5.74) is -0.545. The van der Waals surface area contributed by atoms with Crippen LogP contribution in [0.3, 0.4) is 0 Å². The summed E-state index contributed by atoms with van der Waals surface area (Å²) in [6.07, 6.45) is 2.30. The fourth-order valence-corrected chi connectivity index (χ4v) is 7.83. The maximum Gasteiger partial charge on any atom is 0.348 e. The Hall–Kier alpha value is -3.08. The van der Waals surface area contributed by atoms with Crippen LogP contribution in [0.25, 0.3) is 0 Å². The average Bonchev–Trinajstić information content (AvgIpc) is 3.39. The minimum Gasteiger partial charge on any atom is -0.508 e. The van der Waals surface area contributed by atoms with Crippen molar-refractivity contribution in [3.8, 4) is 11.5 Å². The third-order valence-corrected chi connectivity index (χ3v) is 9.80. The number of aromatic carboxylic acids is 1. The number of amides is 1. The molecule has 1 saturated carbocycles. The van der Waals surface area contributed by atoms with E-state index in [1.807, 2.05) is 6.07 Å². The van der Waals surface area contributed by atoms with Gasteiger partial charge in [0.15, 0.2) is 17.6 Å². The number of nitrogens with one attached hydrogen (secondary N) is 1. The van der Waals surface area contributed by atoms with E-state index >= 15 is 0 Å². The zero-order chi connectivity index (χ0) is 25.0. The number of nitrogens with zero attached hydrogens (tertiary/aromatic N) is 1. The number of thiophene rings is 1. The highest BCUT2D eigenvalue weighted by atomic mass is 32.1. The van der Waals surface area contributed by atoms with E-state index in [0.717, 1.165) is 35.6 Å². The lowest BCUT2D eigenvalue weighted by Crippen LogP contribution is -2.75. The van der Waals surface area contributed by atoms with Gasteiger partial charge in [0.05, 0.1) is 22.3 Å². The van der Waals surface area contributed by atoms with E-state index in [4.69, 9.17) is 4.74 Å². The molecule has 7 rings (SSSR count). The number of likely N-dealkylation sites (tertiary alicyclic amines) is 1. The standard InChI is InChI=1S/C26H26N2O7S/c29-16-4-3-13-9-17-26(34)10-14(23(31)27-15-5-8-36-21(15)24(32)33)19(30)22-25(26,18(13)20(16)35-22)6-7-28(17)11-12-1-2-12/h3-5,8,12,17,22,29-30,34H,1-2,6-7,9-11H2,(H,27,31)(H,32,33)/t17-,22+,25+,26-/m1/s1.